The van der Waals surface area contributed by atoms with Gasteiger partial charge in [-0.3, -0.25) is 9.69 Å². The normalized spacial score (nSPS) is 29.8. The number of nitrogens with zero attached hydrogens (tertiary/aromatic N) is 1. The molecule has 0 spiro atoms. The van der Waals surface area contributed by atoms with Crippen LogP contribution in [0.1, 0.15) is 34.1 Å². The Morgan fingerprint density at radius 1 is 1.48 bits per heavy atom. The number of likely N-dealkylation sites (N-methyl/N-ethyl adjacent to an activating group) is 1. The Labute approximate surface area is 139 Å². The lowest BCUT2D eigenvalue weighted by molar-refractivity contribution is -0.147. The fourth-order valence-corrected chi connectivity index (χ4v) is 3.38. The maximum absolute atomic E-state index is 11.8. The number of ketones is 1. The first-order valence-electron chi connectivity index (χ1n) is 8.35. The molecule has 1 rings (SSSR count). The summed E-state index contributed by atoms with van der Waals surface area (Å²) in [6, 6.07) is -0.747. The van der Waals surface area contributed by atoms with Crippen LogP contribution in [0.4, 0.5) is 0 Å². The summed E-state index contributed by atoms with van der Waals surface area (Å²) in [5, 5.41) is 10.4. The van der Waals surface area contributed by atoms with Crippen LogP contribution in [0.2, 0.25) is 0 Å². The van der Waals surface area contributed by atoms with Crippen molar-refractivity contribution in [2.24, 2.45) is 11.7 Å². The highest BCUT2D eigenvalue weighted by atomic mass is 16.7. The Hall–Kier alpha value is -0.790. The number of allylic oxidation sites excluding steroid dienone is 1. The summed E-state index contributed by atoms with van der Waals surface area (Å²) in [4.78, 5) is 13.8. The van der Waals surface area contributed by atoms with Crippen LogP contribution in [0.5, 0.6) is 0 Å². The quantitative estimate of drug-likeness (QED) is 0.484. The van der Waals surface area contributed by atoms with Gasteiger partial charge >= 0.3 is 0 Å². The van der Waals surface area contributed by atoms with Crippen molar-refractivity contribution in [2.75, 3.05) is 20.3 Å². The number of likely N-dealkylation sites (tertiary alicyclic amines) is 1. The van der Waals surface area contributed by atoms with Crippen LogP contribution in [0.3, 0.4) is 0 Å². The first-order valence-corrected chi connectivity index (χ1v) is 8.35. The fourth-order valence-electron chi connectivity index (χ4n) is 3.38. The van der Waals surface area contributed by atoms with Crippen molar-refractivity contribution in [2.45, 2.75) is 64.6 Å². The van der Waals surface area contributed by atoms with Crippen LogP contribution in [-0.2, 0) is 14.3 Å². The van der Waals surface area contributed by atoms with E-state index in [1.165, 1.54) is 0 Å². The largest absolute Gasteiger partial charge is 0.389 e. The molecule has 0 bridgehead atoms. The van der Waals surface area contributed by atoms with Gasteiger partial charge in [0.25, 0.3) is 0 Å². The molecule has 23 heavy (non-hydrogen) atoms. The minimum absolute atomic E-state index is 0.0962. The van der Waals surface area contributed by atoms with E-state index in [4.69, 9.17) is 15.2 Å². The van der Waals surface area contributed by atoms with E-state index >= 15 is 0 Å². The number of carbonyl (C=O) groups is 1. The highest BCUT2D eigenvalue weighted by Gasteiger charge is 2.44. The molecule has 3 N–H and O–H groups in total. The monoisotopic (exact) mass is 328 g/mol. The molecule has 1 aliphatic rings. The third-order valence-electron chi connectivity index (χ3n) is 4.55. The number of hydrogen-bond donors (Lipinski definition) is 2. The maximum Gasteiger partial charge on any atom is 0.154 e. The first kappa shape index (κ1) is 20.3. The number of nitrogens with two attached hydrogens (primary N) is 1. The molecule has 1 heterocycles. The highest BCUT2D eigenvalue weighted by molar-refractivity contribution is 5.81. The third-order valence-corrected chi connectivity index (χ3v) is 4.55. The average Bonchev–Trinajstić information content (AvgIpc) is 2.81. The topological polar surface area (TPSA) is 85.0 Å². The van der Waals surface area contributed by atoms with Gasteiger partial charge in [-0.25, -0.2) is 0 Å². The average molecular weight is 328 g/mol. The van der Waals surface area contributed by atoms with Gasteiger partial charge < -0.3 is 20.3 Å². The number of hydrogen-bond acceptors (Lipinski definition) is 6. The molecule has 0 aliphatic carbocycles. The van der Waals surface area contributed by atoms with Gasteiger partial charge in [0.05, 0.1) is 18.8 Å². The molecule has 1 fully saturated rings. The van der Waals surface area contributed by atoms with E-state index in [1.54, 1.807) is 13.8 Å². The molecule has 6 nitrogen and oxygen atoms in total. The molecular weight excluding hydrogens is 296 g/mol. The standard InChI is InChI=1S/C17H32N2O4/c1-6-8-13-9-14(11(3)20)19(5)17(13)16(18)15(21)10-23-12(4)22-7-2/h6,8,12-17,21H,7,9-10,18H2,1-5H3/b8-6-/t12?,13-,14-,15-,16+,17-/m1/s1. The predicted octanol–water partition coefficient (Wildman–Crippen LogP) is 0.928. The number of ether oxygens (including phenoxy) is 2. The maximum atomic E-state index is 11.8. The van der Waals surface area contributed by atoms with Gasteiger partial charge in [-0.05, 0) is 47.1 Å². The van der Waals surface area contributed by atoms with E-state index < -0.39 is 12.1 Å². The van der Waals surface area contributed by atoms with Crippen LogP contribution in [0.15, 0.2) is 12.2 Å². The molecule has 0 aromatic heterocycles. The Morgan fingerprint density at radius 2 is 2.13 bits per heavy atom. The zero-order chi connectivity index (χ0) is 17.6. The van der Waals surface area contributed by atoms with Crippen molar-refractivity contribution in [3.05, 3.63) is 12.2 Å². The van der Waals surface area contributed by atoms with Crippen molar-refractivity contribution < 1.29 is 19.4 Å². The van der Waals surface area contributed by atoms with Crippen LogP contribution < -0.4 is 5.73 Å². The highest BCUT2D eigenvalue weighted by Crippen LogP contribution is 2.32. The smallest absolute Gasteiger partial charge is 0.154 e. The van der Waals surface area contributed by atoms with Gasteiger partial charge in [0, 0.05) is 18.7 Å². The van der Waals surface area contributed by atoms with Crippen LogP contribution >= 0.6 is 0 Å². The van der Waals surface area contributed by atoms with Gasteiger partial charge in [0.15, 0.2) is 6.29 Å². The van der Waals surface area contributed by atoms with Crippen molar-refractivity contribution >= 4 is 5.78 Å². The van der Waals surface area contributed by atoms with Gasteiger partial charge in [-0.15, -0.1) is 0 Å². The molecular formula is C17H32N2O4. The molecule has 0 amide bonds. The lowest BCUT2D eigenvalue weighted by Crippen LogP contribution is -2.55. The lowest BCUT2D eigenvalue weighted by atomic mass is 9.90. The van der Waals surface area contributed by atoms with Crippen molar-refractivity contribution in [1.29, 1.82) is 0 Å². The van der Waals surface area contributed by atoms with Gasteiger partial charge in [-0.1, -0.05) is 12.2 Å². The summed E-state index contributed by atoms with van der Waals surface area (Å²) >= 11 is 0. The molecule has 0 aromatic carbocycles. The fraction of sp³-hybridized carbons (Fsp3) is 0.824. The minimum Gasteiger partial charge on any atom is -0.389 e. The second kappa shape index (κ2) is 9.49. The molecule has 134 valence electrons. The second-order valence-corrected chi connectivity index (χ2v) is 6.21. The van der Waals surface area contributed by atoms with Gasteiger partial charge in [0.1, 0.15) is 5.78 Å². The summed E-state index contributed by atoms with van der Waals surface area (Å²) < 4.78 is 10.8. The Bertz CT molecular complexity index is 402. The first-order chi connectivity index (χ1) is 10.8. The van der Waals surface area contributed by atoms with E-state index in [9.17, 15) is 9.90 Å². The Kier molecular flexibility index (Phi) is 8.36. The van der Waals surface area contributed by atoms with Crippen molar-refractivity contribution in [1.82, 2.24) is 4.90 Å². The molecule has 6 atom stereocenters. The molecule has 0 radical (unpaired) electrons. The summed E-state index contributed by atoms with van der Waals surface area (Å²) in [6.45, 7) is 7.90. The minimum atomic E-state index is -0.816. The zero-order valence-electron chi connectivity index (χ0n) is 14.9. The number of Topliss-reactive ketones (excluding diaryl/α,β-unsaturated/α-hetero) is 1. The Morgan fingerprint density at radius 3 is 2.65 bits per heavy atom. The van der Waals surface area contributed by atoms with Crippen LogP contribution in [0.25, 0.3) is 0 Å². The summed E-state index contributed by atoms with van der Waals surface area (Å²) in [5.74, 6) is 0.278. The predicted molar refractivity (Wildman–Crippen MR) is 90.0 cm³/mol. The Balaban J connectivity index is 2.73. The van der Waals surface area contributed by atoms with Crippen LogP contribution in [0, 0.1) is 5.92 Å². The van der Waals surface area contributed by atoms with E-state index in [0.29, 0.717) is 6.61 Å². The van der Waals surface area contributed by atoms with Crippen LogP contribution in [-0.4, -0.2) is 66.6 Å². The van der Waals surface area contributed by atoms with Crippen molar-refractivity contribution in [3.63, 3.8) is 0 Å². The number of rotatable bonds is 9. The molecule has 0 saturated carbocycles. The summed E-state index contributed by atoms with van der Waals surface area (Å²) in [7, 11) is 1.90. The number of aliphatic hydroxyl groups is 1. The summed E-state index contributed by atoms with van der Waals surface area (Å²) in [6.07, 6.45) is 3.58. The number of aliphatic hydroxyl groups excluding tert-OH is 1. The number of carbonyl (C=O) groups excluding carboxylic acids is 1. The molecule has 1 saturated heterocycles. The lowest BCUT2D eigenvalue weighted by Gasteiger charge is -2.34. The van der Waals surface area contributed by atoms with E-state index in [-0.39, 0.29) is 36.7 Å². The molecule has 6 heteroatoms. The van der Waals surface area contributed by atoms with E-state index in [1.807, 2.05) is 31.9 Å². The van der Waals surface area contributed by atoms with E-state index in [0.717, 1.165) is 6.42 Å². The SMILES string of the molecule is C/C=C\[C@@H]1C[C@H](C(C)=O)N(C)[C@H]1[C@@H](N)[C@H](O)COC(C)OCC. The van der Waals surface area contributed by atoms with Crippen molar-refractivity contribution in [3.8, 4) is 0 Å². The zero-order valence-corrected chi connectivity index (χ0v) is 14.9. The third kappa shape index (κ3) is 5.36. The summed E-state index contributed by atoms with van der Waals surface area (Å²) in [5.41, 5.74) is 6.30. The second-order valence-electron chi connectivity index (χ2n) is 6.21. The molecule has 1 aliphatic heterocycles. The van der Waals surface area contributed by atoms with Gasteiger partial charge in [-0.2, -0.15) is 0 Å². The van der Waals surface area contributed by atoms with E-state index in [2.05, 4.69) is 6.08 Å². The molecule has 0 aromatic rings. The van der Waals surface area contributed by atoms with Gasteiger partial charge in [0.2, 0.25) is 0 Å². The molecule has 1 unspecified atom stereocenters.